The van der Waals surface area contributed by atoms with Gasteiger partial charge in [0.05, 0.1) is 0 Å². The molecule has 1 aliphatic carbocycles. The summed E-state index contributed by atoms with van der Waals surface area (Å²) in [6.45, 7) is 0. The minimum atomic E-state index is 0.797. The lowest BCUT2D eigenvalue weighted by molar-refractivity contribution is 0.112. The summed E-state index contributed by atoms with van der Waals surface area (Å²) in [6, 6.07) is 7.82. The first kappa shape index (κ1) is 6.55. The van der Waals surface area contributed by atoms with Gasteiger partial charge in [-0.3, -0.25) is 4.79 Å². The number of aldehydes is 1. The minimum Gasteiger partial charge on any atom is -0.298 e. The van der Waals surface area contributed by atoms with Gasteiger partial charge in [0.15, 0.2) is 6.29 Å². The van der Waals surface area contributed by atoms with Crippen LogP contribution in [0.4, 0.5) is 0 Å². The topological polar surface area (TPSA) is 17.1 Å². The van der Waals surface area contributed by atoms with Crippen LogP contribution in [0.5, 0.6) is 0 Å². The van der Waals surface area contributed by atoms with Crippen molar-refractivity contribution in [1.29, 1.82) is 0 Å². The van der Waals surface area contributed by atoms with Gasteiger partial charge in [-0.05, 0) is 17.0 Å². The Morgan fingerprint density at radius 1 is 1.27 bits per heavy atom. The fraction of sp³-hybridized carbons (Fsp3) is 0. The van der Waals surface area contributed by atoms with E-state index < -0.39 is 0 Å². The molecule has 0 aromatic rings. The molecule has 1 heterocycles. The quantitative estimate of drug-likeness (QED) is 0.589. The summed E-state index contributed by atoms with van der Waals surface area (Å²) >= 11 is 1.60. The summed E-state index contributed by atoms with van der Waals surface area (Å²) in [6.07, 6.45) is 0.902. The summed E-state index contributed by atoms with van der Waals surface area (Å²) in [7, 11) is 0. The van der Waals surface area contributed by atoms with Gasteiger partial charge in [0.1, 0.15) is 0 Å². The molecule has 1 aliphatic heterocycles. The van der Waals surface area contributed by atoms with E-state index in [0.717, 1.165) is 22.3 Å². The molecule has 0 atom stereocenters. The maximum Gasteiger partial charge on any atom is 0.151 e. The normalized spacial score (nSPS) is 10.2. The van der Waals surface area contributed by atoms with E-state index in [2.05, 4.69) is 0 Å². The lowest BCUT2D eigenvalue weighted by Gasteiger charge is -1.94. The number of fused-ring (bicyclic) bond motifs is 1. The molecule has 1 nitrogen and oxygen atoms in total. The molecule has 11 heavy (non-hydrogen) atoms. The molecular formula is C9H6OS. The fourth-order valence-electron chi connectivity index (χ4n) is 1.11. The van der Waals surface area contributed by atoms with Crippen molar-refractivity contribution in [3.8, 4) is 10.4 Å². The molecule has 0 unspecified atom stereocenters. The third kappa shape index (κ3) is 0.955. The zero-order valence-electron chi connectivity index (χ0n) is 5.78. The van der Waals surface area contributed by atoms with Crippen molar-refractivity contribution in [1.82, 2.24) is 0 Å². The molecule has 0 saturated heterocycles. The minimum absolute atomic E-state index is 0.797. The third-order valence-electron chi connectivity index (χ3n) is 1.63. The number of carbonyl (C=O) groups is 1. The molecule has 0 spiro atoms. The SMILES string of the molecule is O=Cc1ccc2cccsc1-2. The number of carbonyl (C=O) groups excluding carboxylic acids is 1. The molecule has 0 N–H and O–H groups in total. The summed E-state index contributed by atoms with van der Waals surface area (Å²) in [4.78, 5) is 11.6. The monoisotopic (exact) mass is 162 g/mol. The summed E-state index contributed by atoms with van der Waals surface area (Å²) in [5.74, 6) is 0. The van der Waals surface area contributed by atoms with Gasteiger partial charge in [0.25, 0.3) is 0 Å². The highest BCUT2D eigenvalue weighted by molar-refractivity contribution is 7.13. The van der Waals surface area contributed by atoms with Crippen molar-refractivity contribution < 1.29 is 4.79 Å². The molecule has 2 heteroatoms. The van der Waals surface area contributed by atoms with Crippen LogP contribution in [0.25, 0.3) is 10.4 Å². The van der Waals surface area contributed by atoms with E-state index in [-0.39, 0.29) is 0 Å². The zero-order valence-corrected chi connectivity index (χ0v) is 6.60. The summed E-state index contributed by atoms with van der Waals surface area (Å²) < 4.78 is 0. The highest BCUT2D eigenvalue weighted by atomic mass is 32.1. The van der Waals surface area contributed by atoms with E-state index in [4.69, 9.17) is 0 Å². The van der Waals surface area contributed by atoms with Crippen LogP contribution in [0.15, 0.2) is 29.6 Å². The maximum atomic E-state index is 10.5. The molecule has 2 aliphatic rings. The van der Waals surface area contributed by atoms with E-state index in [1.54, 1.807) is 11.3 Å². The lowest BCUT2D eigenvalue weighted by atomic mass is 10.2. The molecule has 54 valence electrons. The molecule has 2 rings (SSSR count). The fourth-order valence-corrected chi connectivity index (χ4v) is 1.93. The molecule has 0 radical (unpaired) electrons. The van der Waals surface area contributed by atoms with Crippen LogP contribution in [0.2, 0.25) is 0 Å². The second-order valence-corrected chi connectivity index (χ2v) is 3.22. The van der Waals surface area contributed by atoms with Gasteiger partial charge in [-0.15, -0.1) is 11.3 Å². The van der Waals surface area contributed by atoms with Gasteiger partial charge in [0.2, 0.25) is 0 Å². The van der Waals surface area contributed by atoms with Gasteiger partial charge in [-0.1, -0.05) is 18.2 Å². The van der Waals surface area contributed by atoms with Gasteiger partial charge in [0, 0.05) is 10.4 Å². The van der Waals surface area contributed by atoms with Crippen molar-refractivity contribution in [2.45, 2.75) is 0 Å². The third-order valence-corrected chi connectivity index (χ3v) is 2.63. The number of hydrogen-bond donors (Lipinski definition) is 0. The maximum absolute atomic E-state index is 10.5. The zero-order chi connectivity index (χ0) is 7.68. The highest BCUT2D eigenvalue weighted by Crippen LogP contribution is 2.29. The Morgan fingerprint density at radius 2 is 2.18 bits per heavy atom. The van der Waals surface area contributed by atoms with Crippen molar-refractivity contribution in [2.24, 2.45) is 0 Å². The van der Waals surface area contributed by atoms with Gasteiger partial charge in [-0.25, -0.2) is 0 Å². The standard InChI is InChI=1S/C9H6OS/c10-6-8-4-3-7-2-1-5-11-9(7)8/h1-6H. The predicted molar refractivity (Wildman–Crippen MR) is 46.3 cm³/mol. The predicted octanol–water partition coefficient (Wildman–Crippen LogP) is 2.67. The molecule has 0 aromatic carbocycles. The van der Waals surface area contributed by atoms with Crippen molar-refractivity contribution >= 4 is 17.6 Å². The van der Waals surface area contributed by atoms with Gasteiger partial charge >= 0.3 is 0 Å². The molecule has 0 aromatic heterocycles. The van der Waals surface area contributed by atoms with Crippen molar-refractivity contribution in [2.75, 3.05) is 0 Å². The molecule has 0 fully saturated rings. The Kier molecular flexibility index (Phi) is 1.47. The Morgan fingerprint density at radius 3 is 3.00 bits per heavy atom. The summed E-state index contributed by atoms with van der Waals surface area (Å²) in [5.41, 5.74) is 1.95. The van der Waals surface area contributed by atoms with Crippen LogP contribution >= 0.6 is 11.3 Å². The molecule has 0 amide bonds. The van der Waals surface area contributed by atoms with Crippen LogP contribution in [0.1, 0.15) is 10.4 Å². The van der Waals surface area contributed by atoms with Gasteiger partial charge < -0.3 is 0 Å². The first-order valence-corrected chi connectivity index (χ1v) is 4.21. The van der Waals surface area contributed by atoms with E-state index in [9.17, 15) is 4.79 Å². The van der Waals surface area contributed by atoms with Crippen molar-refractivity contribution in [3.05, 3.63) is 35.2 Å². The average Bonchev–Trinajstić information content (AvgIpc) is 2.47. The number of hydrogen-bond acceptors (Lipinski definition) is 2. The second kappa shape index (κ2) is 2.47. The van der Waals surface area contributed by atoms with Crippen LogP contribution in [-0.2, 0) is 0 Å². The average molecular weight is 162 g/mol. The van der Waals surface area contributed by atoms with Crippen LogP contribution in [0, 0.1) is 0 Å². The van der Waals surface area contributed by atoms with Crippen LogP contribution < -0.4 is 0 Å². The van der Waals surface area contributed by atoms with E-state index in [1.165, 1.54) is 0 Å². The Hall–Kier alpha value is -1.15. The van der Waals surface area contributed by atoms with E-state index in [1.807, 2.05) is 29.6 Å². The van der Waals surface area contributed by atoms with E-state index in [0.29, 0.717) is 0 Å². The largest absolute Gasteiger partial charge is 0.298 e. The van der Waals surface area contributed by atoms with Crippen molar-refractivity contribution in [3.63, 3.8) is 0 Å². The first-order chi connectivity index (χ1) is 5.42. The molecular weight excluding hydrogens is 156 g/mol. The van der Waals surface area contributed by atoms with Crippen LogP contribution in [-0.4, -0.2) is 6.29 Å². The smallest absolute Gasteiger partial charge is 0.151 e. The second-order valence-electron chi connectivity index (χ2n) is 2.30. The highest BCUT2D eigenvalue weighted by Gasteiger charge is 2.06. The van der Waals surface area contributed by atoms with E-state index >= 15 is 0 Å². The molecule has 0 bridgehead atoms. The van der Waals surface area contributed by atoms with Crippen LogP contribution in [0.3, 0.4) is 0 Å². The molecule has 0 saturated carbocycles. The summed E-state index contributed by atoms with van der Waals surface area (Å²) in [5, 5.41) is 1.98. The lowest BCUT2D eigenvalue weighted by Crippen LogP contribution is -1.75. The Balaban J connectivity index is 2.73. The Labute approximate surface area is 68.6 Å². The van der Waals surface area contributed by atoms with Gasteiger partial charge in [-0.2, -0.15) is 0 Å². The first-order valence-electron chi connectivity index (χ1n) is 3.33. The number of rotatable bonds is 1. The Bertz CT molecular complexity index is 351.